The van der Waals surface area contributed by atoms with Crippen molar-refractivity contribution in [1.82, 2.24) is 5.32 Å². The van der Waals surface area contributed by atoms with Crippen LogP contribution in [0.2, 0.25) is 5.02 Å². The van der Waals surface area contributed by atoms with Crippen molar-refractivity contribution < 1.29 is 0 Å². The van der Waals surface area contributed by atoms with Crippen LogP contribution in [0.15, 0.2) is 24.3 Å². The summed E-state index contributed by atoms with van der Waals surface area (Å²) in [6.45, 7) is 5.75. The van der Waals surface area contributed by atoms with Crippen molar-refractivity contribution in [3.63, 3.8) is 0 Å². The van der Waals surface area contributed by atoms with Crippen molar-refractivity contribution in [3.8, 4) is 0 Å². The van der Waals surface area contributed by atoms with E-state index < -0.39 is 0 Å². The van der Waals surface area contributed by atoms with Gasteiger partial charge in [-0.25, -0.2) is 0 Å². The highest BCUT2D eigenvalue weighted by Gasteiger charge is 2.31. The largest absolute Gasteiger partial charge is 0.368 e. The first-order valence-corrected chi connectivity index (χ1v) is 6.70. The number of halogens is 1. The van der Waals surface area contributed by atoms with E-state index >= 15 is 0 Å². The van der Waals surface area contributed by atoms with Crippen LogP contribution in [0.3, 0.4) is 0 Å². The third-order valence-corrected chi connectivity index (χ3v) is 4.35. The molecule has 1 aromatic carbocycles. The number of hydrogen-bond donors (Lipinski definition) is 1. The van der Waals surface area contributed by atoms with Crippen LogP contribution < -0.4 is 10.2 Å². The number of benzene rings is 1. The first kappa shape index (κ1) is 12.7. The zero-order valence-corrected chi connectivity index (χ0v) is 11.5. The van der Waals surface area contributed by atoms with E-state index in [1.54, 1.807) is 0 Å². The van der Waals surface area contributed by atoms with E-state index in [9.17, 15) is 0 Å². The first-order valence-electron chi connectivity index (χ1n) is 6.33. The molecular weight excluding hydrogens is 232 g/mol. The maximum absolute atomic E-state index is 5.93. The Morgan fingerprint density at radius 1 is 1.24 bits per heavy atom. The molecule has 0 bridgehead atoms. The molecule has 1 N–H and O–H groups in total. The highest BCUT2D eigenvalue weighted by atomic mass is 35.5. The molecule has 1 aliphatic heterocycles. The van der Waals surface area contributed by atoms with Gasteiger partial charge < -0.3 is 10.2 Å². The third-order valence-electron chi connectivity index (χ3n) is 4.10. The van der Waals surface area contributed by atoms with Crippen molar-refractivity contribution in [3.05, 3.63) is 29.3 Å². The summed E-state index contributed by atoms with van der Waals surface area (Å²) in [6.07, 6.45) is 1.20. The molecule has 0 spiro atoms. The maximum Gasteiger partial charge on any atom is 0.0407 e. The second-order valence-corrected chi connectivity index (χ2v) is 5.39. The zero-order valence-electron chi connectivity index (χ0n) is 10.8. The van der Waals surface area contributed by atoms with Gasteiger partial charge in [-0.3, -0.25) is 0 Å². The molecule has 1 fully saturated rings. The molecule has 0 radical (unpaired) electrons. The molecule has 0 saturated carbocycles. The number of rotatable bonds is 2. The van der Waals surface area contributed by atoms with Crippen molar-refractivity contribution >= 4 is 17.3 Å². The lowest BCUT2D eigenvalue weighted by Gasteiger charge is -2.44. The summed E-state index contributed by atoms with van der Waals surface area (Å²) in [5.41, 5.74) is 1.28. The summed E-state index contributed by atoms with van der Waals surface area (Å²) in [4.78, 5) is 2.48. The molecule has 0 aromatic heterocycles. The predicted molar refractivity (Wildman–Crippen MR) is 74.9 cm³/mol. The van der Waals surface area contributed by atoms with Crippen molar-refractivity contribution in [2.75, 3.05) is 18.5 Å². The van der Waals surface area contributed by atoms with Gasteiger partial charge in [0.15, 0.2) is 0 Å². The van der Waals surface area contributed by atoms with E-state index in [1.807, 2.05) is 12.1 Å². The highest BCUT2D eigenvalue weighted by Crippen LogP contribution is 2.29. The normalized spacial score (nSPS) is 29.4. The van der Waals surface area contributed by atoms with Crippen LogP contribution in [0.4, 0.5) is 5.69 Å². The minimum Gasteiger partial charge on any atom is -0.368 e. The highest BCUT2D eigenvalue weighted by molar-refractivity contribution is 6.30. The standard InChI is InChI=1S/C14H21ClN2/c1-10-11(2)17(9-8-14(10)16-3)13-6-4-12(15)5-7-13/h4-7,10-11,14,16H,8-9H2,1-3H3. The van der Waals surface area contributed by atoms with E-state index in [1.165, 1.54) is 12.1 Å². The Hall–Kier alpha value is -0.730. The molecule has 0 amide bonds. The minimum absolute atomic E-state index is 0.558. The lowest BCUT2D eigenvalue weighted by Crippen LogP contribution is -2.52. The number of nitrogens with one attached hydrogen (secondary N) is 1. The second kappa shape index (κ2) is 5.28. The van der Waals surface area contributed by atoms with Gasteiger partial charge in [0.25, 0.3) is 0 Å². The molecular formula is C14H21ClN2. The lowest BCUT2D eigenvalue weighted by atomic mass is 9.87. The Morgan fingerprint density at radius 3 is 2.47 bits per heavy atom. The van der Waals surface area contributed by atoms with Crippen LogP contribution >= 0.6 is 11.6 Å². The van der Waals surface area contributed by atoms with Gasteiger partial charge in [-0.1, -0.05) is 18.5 Å². The molecule has 3 unspecified atom stereocenters. The molecule has 3 heteroatoms. The molecule has 0 aliphatic carbocycles. The fourth-order valence-corrected chi connectivity index (χ4v) is 2.89. The SMILES string of the molecule is CNC1CCN(c2ccc(Cl)cc2)C(C)C1C. The minimum atomic E-state index is 0.558. The van der Waals surface area contributed by atoms with Crippen LogP contribution in [-0.2, 0) is 0 Å². The van der Waals surface area contributed by atoms with Gasteiger partial charge in [-0.2, -0.15) is 0 Å². The Kier molecular flexibility index (Phi) is 3.95. The summed E-state index contributed by atoms with van der Waals surface area (Å²) >= 11 is 5.93. The van der Waals surface area contributed by atoms with Crippen molar-refractivity contribution in [2.45, 2.75) is 32.4 Å². The summed E-state index contributed by atoms with van der Waals surface area (Å²) in [5, 5.41) is 4.22. The topological polar surface area (TPSA) is 15.3 Å². The fraction of sp³-hybridized carbons (Fsp3) is 0.571. The van der Waals surface area contributed by atoms with Crippen LogP contribution in [0.5, 0.6) is 0 Å². The van der Waals surface area contributed by atoms with Crippen LogP contribution in [0.25, 0.3) is 0 Å². The molecule has 2 nitrogen and oxygen atoms in total. The predicted octanol–water partition coefficient (Wildman–Crippen LogP) is 3.16. The fourth-order valence-electron chi connectivity index (χ4n) is 2.77. The molecule has 1 heterocycles. The van der Waals surface area contributed by atoms with Crippen molar-refractivity contribution in [2.24, 2.45) is 5.92 Å². The Balaban J connectivity index is 2.15. The smallest absolute Gasteiger partial charge is 0.0407 e. The summed E-state index contributed by atoms with van der Waals surface area (Å²) in [7, 11) is 2.06. The molecule has 1 aliphatic rings. The molecule has 94 valence electrons. The van der Waals surface area contributed by atoms with Gasteiger partial charge in [-0.15, -0.1) is 0 Å². The van der Waals surface area contributed by atoms with E-state index in [2.05, 4.69) is 43.2 Å². The molecule has 1 aromatic rings. The quantitative estimate of drug-likeness (QED) is 0.870. The van der Waals surface area contributed by atoms with Crippen LogP contribution in [0, 0.1) is 5.92 Å². The number of nitrogens with zero attached hydrogens (tertiary/aromatic N) is 1. The molecule has 2 rings (SSSR count). The van der Waals surface area contributed by atoms with Crippen molar-refractivity contribution in [1.29, 1.82) is 0 Å². The average molecular weight is 253 g/mol. The van der Waals surface area contributed by atoms with Gasteiger partial charge in [0, 0.05) is 29.3 Å². The summed E-state index contributed by atoms with van der Waals surface area (Å²) in [5.74, 6) is 0.657. The van der Waals surface area contributed by atoms with E-state index in [0.717, 1.165) is 11.6 Å². The van der Waals surface area contributed by atoms with Gasteiger partial charge >= 0.3 is 0 Å². The molecule has 3 atom stereocenters. The Morgan fingerprint density at radius 2 is 1.88 bits per heavy atom. The maximum atomic E-state index is 5.93. The number of piperidine rings is 1. The number of hydrogen-bond acceptors (Lipinski definition) is 2. The lowest BCUT2D eigenvalue weighted by molar-refractivity contribution is 0.283. The number of anilines is 1. The van der Waals surface area contributed by atoms with E-state index in [-0.39, 0.29) is 0 Å². The van der Waals surface area contributed by atoms with Gasteiger partial charge in [-0.05, 0) is 50.6 Å². The third kappa shape index (κ3) is 2.58. The monoisotopic (exact) mass is 252 g/mol. The summed E-state index contributed by atoms with van der Waals surface area (Å²) in [6, 6.07) is 9.36. The van der Waals surface area contributed by atoms with Gasteiger partial charge in [0.1, 0.15) is 0 Å². The van der Waals surface area contributed by atoms with Gasteiger partial charge in [0.05, 0.1) is 0 Å². The Labute approximate surface area is 109 Å². The van der Waals surface area contributed by atoms with Crippen LogP contribution in [0.1, 0.15) is 20.3 Å². The molecule has 17 heavy (non-hydrogen) atoms. The first-order chi connectivity index (χ1) is 8.13. The van der Waals surface area contributed by atoms with Crippen LogP contribution in [-0.4, -0.2) is 25.7 Å². The Bertz CT molecular complexity index is 363. The van der Waals surface area contributed by atoms with Gasteiger partial charge in [0.2, 0.25) is 0 Å². The van der Waals surface area contributed by atoms with E-state index in [0.29, 0.717) is 18.0 Å². The average Bonchev–Trinajstić information content (AvgIpc) is 2.34. The van der Waals surface area contributed by atoms with E-state index in [4.69, 9.17) is 11.6 Å². The summed E-state index contributed by atoms with van der Waals surface area (Å²) < 4.78 is 0. The molecule has 1 saturated heterocycles. The zero-order chi connectivity index (χ0) is 12.4. The second-order valence-electron chi connectivity index (χ2n) is 4.95.